The molecule has 1 heterocycles. The highest BCUT2D eigenvalue weighted by Crippen LogP contribution is 2.20. The SMILES string of the molecule is Cc1ccc(NCCC(C)N2CCNCC2)cc1Br. The number of piperazine rings is 1. The predicted octanol–water partition coefficient (Wildman–Crippen LogP) is 2.85. The first kappa shape index (κ1) is 14.8. The molecule has 0 amide bonds. The summed E-state index contributed by atoms with van der Waals surface area (Å²) in [5.41, 5.74) is 2.48. The second-order valence-corrected chi connectivity index (χ2v) is 6.17. The smallest absolute Gasteiger partial charge is 0.0351 e. The summed E-state index contributed by atoms with van der Waals surface area (Å²) >= 11 is 3.57. The van der Waals surface area contributed by atoms with Gasteiger partial charge in [-0.2, -0.15) is 0 Å². The second kappa shape index (κ2) is 7.27. The molecule has 1 aliphatic rings. The Morgan fingerprint density at radius 3 is 2.79 bits per heavy atom. The highest BCUT2D eigenvalue weighted by atomic mass is 79.9. The average molecular weight is 326 g/mol. The molecular formula is C15H24BrN3. The molecule has 0 bridgehead atoms. The maximum atomic E-state index is 3.57. The fourth-order valence-electron chi connectivity index (χ4n) is 2.43. The van der Waals surface area contributed by atoms with E-state index < -0.39 is 0 Å². The van der Waals surface area contributed by atoms with Crippen LogP contribution in [0.15, 0.2) is 22.7 Å². The van der Waals surface area contributed by atoms with Gasteiger partial charge in [-0.3, -0.25) is 4.90 Å². The molecule has 1 atom stereocenters. The van der Waals surface area contributed by atoms with Crippen LogP contribution in [0.4, 0.5) is 5.69 Å². The lowest BCUT2D eigenvalue weighted by atomic mass is 10.1. The number of nitrogens with one attached hydrogen (secondary N) is 2. The van der Waals surface area contributed by atoms with Gasteiger partial charge in [0.05, 0.1) is 0 Å². The van der Waals surface area contributed by atoms with Crippen LogP contribution in [0.2, 0.25) is 0 Å². The van der Waals surface area contributed by atoms with Crippen LogP contribution in [0.5, 0.6) is 0 Å². The van der Waals surface area contributed by atoms with Gasteiger partial charge in [-0.1, -0.05) is 22.0 Å². The summed E-state index contributed by atoms with van der Waals surface area (Å²) in [6.45, 7) is 10.1. The minimum Gasteiger partial charge on any atom is -0.385 e. The van der Waals surface area contributed by atoms with E-state index >= 15 is 0 Å². The Morgan fingerprint density at radius 1 is 1.37 bits per heavy atom. The highest BCUT2D eigenvalue weighted by molar-refractivity contribution is 9.10. The van der Waals surface area contributed by atoms with Gasteiger partial charge in [0.2, 0.25) is 0 Å². The van der Waals surface area contributed by atoms with E-state index in [1.807, 2.05) is 0 Å². The van der Waals surface area contributed by atoms with Crippen molar-refractivity contribution in [2.24, 2.45) is 0 Å². The van der Waals surface area contributed by atoms with E-state index in [9.17, 15) is 0 Å². The maximum absolute atomic E-state index is 3.57. The molecule has 1 aliphatic heterocycles. The van der Waals surface area contributed by atoms with Crippen LogP contribution in [0.25, 0.3) is 0 Å². The lowest BCUT2D eigenvalue weighted by Gasteiger charge is -2.32. The monoisotopic (exact) mass is 325 g/mol. The zero-order valence-electron chi connectivity index (χ0n) is 11.9. The number of halogens is 1. The van der Waals surface area contributed by atoms with E-state index in [1.54, 1.807) is 0 Å². The molecule has 0 aliphatic carbocycles. The fraction of sp³-hybridized carbons (Fsp3) is 0.600. The Kier molecular flexibility index (Phi) is 5.67. The summed E-state index contributed by atoms with van der Waals surface area (Å²) in [5.74, 6) is 0. The number of nitrogens with zero attached hydrogens (tertiary/aromatic N) is 1. The van der Waals surface area contributed by atoms with Gasteiger partial charge in [0.1, 0.15) is 0 Å². The van der Waals surface area contributed by atoms with E-state index in [0.29, 0.717) is 6.04 Å². The molecule has 0 radical (unpaired) electrons. The van der Waals surface area contributed by atoms with Crippen molar-refractivity contribution in [3.8, 4) is 0 Å². The van der Waals surface area contributed by atoms with Crippen LogP contribution in [0.1, 0.15) is 18.9 Å². The zero-order chi connectivity index (χ0) is 13.7. The topological polar surface area (TPSA) is 27.3 Å². The van der Waals surface area contributed by atoms with Crippen molar-refractivity contribution < 1.29 is 0 Å². The number of aryl methyl sites for hydroxylation is 1. The lowest BCUT2D eigenvalue weighted by molar-refractivity contribution is 0.179. The van der Waals surface area contributed by atoms with Crippen molar-refractivity contribution in [2.75, 3.05) is 38.0 Å². The summed E-state index contributed by atoms with van der Waals surface area (Å²) in [6.07, 6.45) is 1.19. The minimum atomic E-state index is 0.656. The Balaban J connectivity index is 1.74. The molecule has 1 aromatic rings. The fourth-order valence-corrected chi connectivity index (χ4v) is 2.81. The van der Waals surface area contributed by atoms with Crippen molar-refractivity contribution >= 4 is 21.6 Å². The van der Waals surface area contributed by atoms with E-state index in [4.69, 9.17) is 0 Å². The van der Waals surface area contributed by atoms with E-state index in [-0.39, 0.29) is 0 Å². The third-order valence-electron chi connectivity index (χ3n) is 3.84. The third kappa shape index (κ3) is 4.48. The van der Waals surface area contributed by atoms with Crippen molar-refractivity contribution in [1.82, 2.24) is 10.2 Å². The zero-order valence-corrected chi connectivity index (χ0v) is 13.5. The molecule has 1 fully saturated rings. The summed E-state index contributed by atoms with van der Waals surface area (Å²) in [7, 11) is 0. The first-order valence-corrected chi connectivity index (χ1v) is 7.91. The Morgan fingerprint density at radius 2 is 2.11 bits per heavy atom. The Bertz CT molecular complexity index is 402. The molecular weight excluding hydrogens is 302 g/mol. The third-order valence-corrected chi connectivity index (χ3v) is 4.69. The quantitative estimate of drug-likeness (QED) is 0.871. The molecule has 2 rings (SSSR count). The van der Waals surface area contributed by atoms with Gasteiger partial charge in [0.25, 0.3) is 0 Å². The summed E-state index contributed by atoms with van der Waals surface area (Å²) in [5, 5.41) is 6.91. The minimum absolute atomic E-state index is 0.656. The van der Waals surface area contributed by atoms with Crippen LogP contribution in [0, 0.1) is 6.92 Å². The Labute approximate surface area is 124 Å². The molecule has 19 heavy (non-hydrogen) atoms. The molecule has 3 nitrogen and oxygen atoms in total. The van der Waals surface area contributed by atoms with Gasteiger partial charge in [-0.05, 0) is 38.0 Å². The number of anilines is 1. The molecule has 0 spiro atoms. The molecule has 106 valence electrons. The van der Waals surface area contributed by atoms with Gasteiger partial charge in [-0.25, -0.2) is 0 Å². The van der Waals surface area contributed by atoms with Gasteiger partial charge < -0.3 is 10.6 Å². The number of benzene rings is 1. The van der Waals surface area contributed by atoms with Crippen LogP contribution >= 0.6 is 15.9 Å². The van der Waals surface area contributed by atoms with E-state index in [1.165, 1.54) is 35.2 Å². The summed E-state index contributed by atoms with van der Waals surface area (Å²) in [6, 6.07) is 7.11. The van der Waals surface area contributed by atoms with E-state index in [0.717, 1.165) is 19.6 Å². The maximum Gasteiger partial charge on any atom is 0.0351 e. The van der Waals surface area contributed by atoms with Crippen molar-refractivity contribution in [2.45, 2.75) is 26.3 Å². The first-order valence-electron chi connectivity index (χ1n) is 7.11. The first-order chi connectivity index (χ1) is 9.16. The van der Waals surface area contributed by atoms with Gasteiger partial charge in [0.15, 0.2) is 0 Å². The summed E-state index contributed by atoms with van der Waals surface area (Å²) < 4.78 is 1.17. The molecule has 4 heteroatoms. The number of hydrogen-bond donors (Lipinski definition) is 2. The summed E-state index contributed by atoms with van der Waals surface area (Å²) in [4.78, 5) is 2.57. The molecule has 0 saturated carbocycles. The molecule has 1 unspecified atom stereocenters. The lowest BCUT2D eigenvalue weighted by Crippen LogP contribution is -2.47. The standard InChI is InChI=1S/C15H24BrN3/c1-12-3-4-14(11-15(12)16)18-6-5-13(2)19-9-7-17-8-10-19/h3-4,11,13,17-18H,5-10H2,1-2H3. The van der Waals surface area contributed by atoms with Gasteiger partial charge >= 0.3 is 0 Å². The van der Waals surface area contributed by atoms with Crippen molar-refractivity contribution in [3.05, 3.63) is 28.2 Å². The average Bonchev–Trinajstić information content (AvgIpc) is 2.43. The highest BCUT2D eigenvalue weighted by Gasteiger charge is 2.15. The molecule has 1 saturated heterocycles. The predicted molar refractivity (Wildman–Crippen MR) is 85.9 cm³/mol. The van der Waals surface area contributed by atoms with Crippen LogP contribution in [-0.4, -0.2) is 43.7 Å². The van der Waals surface area contributed by atoms with Crippen molar-refractivity contribution in [1.29, 1.82) is 0 Å². The van der Waals surface area contributed by atoms with Gasteiger partial charge in [0, 0.05) is 48.9 Å². The van der Waals surface area contributed by atoms with Crippen molar-refractivity contribution in [3.63, 3.8) is 0 Å². The van der Waals surface area contributed by atoms with Gasteiger partial charge in [-0.15, -0.1) is 0 Å². The van der Waals surface area contributed by atoms with Crippen LogP contribution < -0.4 is 10.6 Å². The number of hydrogen-bond acceptors (Lipinski definition) is 3. The normalized spacial score (nSPS) is 18.3. The molecule has 0 aromatic heterocycles. The number of rotatable bonds is 5. The molecule has 1 aromatic carbocycles. The largest absolute Gasteiger partial charge is 0.385 e. The van der Waals surface area contributed by atoms with E-state index in [2.05, 4.69) is 63.5 Å². The Hall–Kier alpha value is -0.580. The van der Waals surface area contributed by atoms with Crippen LogP contribution in [-0.2, 0) is 0 Å². The van der Waals surface area contributed by atoms with Crippen LogP contribution in [0.3, 0.4) is 0 Å². The second-order valence-electron chi connectivity index (χ2n) is 5.31. The molecule has 2 N–H and O–H groups in total.